The van der Waals surface area contributed by atoms with Gasteiger partial charge in [0.25, 0.3) is 5.91 Å². The largest absolute Gasteiger partial charge is 0.480 e. The molecule has 0 spiro atoms. The molecule has 4 rings (SSSR count). The first-order valence-corrected chi connectivity index (χ1v) is 9.24. The second-order valence-corrected chi connectivity index (χ2v) is 7.28. The number of allylic oxidation sites excluding steroid dienone is 2. The fourth-order valence-electron chi connectivity index (χ4n) is 4.03. The third kappa shape index (κ3) is 3.30. The number of aliphatic carboxylic acids is 1. The van der Waals surface area contributed by atoms with Gasteiger partial charge in [-0.15, -0.1) is 0 Å². The number of amides is 1. The number of fused-ring (bicyclic) bond motifs is 3. The van der Waals surface area contributed by atoms with Crippen LogP contribution in [-0.2, 0) is 4.79 Å². The molecule has 0 aromatic heterocycles. The summed E-state index contributed by atoms with van der Waals surface area (Å²) in [4.78, 5) is 22.9. The summed E-state index contributed by atoms with van der Waals surface area (Å²) in [5, 5.41) is 15.5. The minimum Gasteiger partial charge on any atom is -0.480 e. The molecule has 6 heteroatoms. The van der Waals surface area contributed by atoms with E-state index in [0.29, 0.717) is 11.5 Å². The topological polar surface area (TPSA) is 78.4 Å². The normalized spacial score (nSPS) is 22.5. The zero-order valence-corrected chi connectivity index (χ0v) is 15.2. The number of nitrogens with one attached hydrogen (secondary N) is 2. The van der Waals surface area contributed by atoms with Crippen molar-refractivity contribution in [1.82, 2.24) is 5.32 Å². The maximum absolute atomic E-state index is 12.2. The van der Waals surface area contributed by atoms with Gasteiger partial charge in [0.15, 0.2) is 0 Å². The Labute approximate surface area is 162 Å². The van der Waals surface area contributed by atoms with Gasteiger partial charge in [0, 0.05) is 22.2 Å². The van der Waals surface area contributed by atoms with Gasteiger partial charge in [-0.1, -0.05) is 42.0 Å². The smallest absolute Gasteiger partial charge is 0.322 e. The summed E-state index contributed by atoms with van der Waals surface area (Å²) in [7, 11) is 0. The summed E-state index contributed by atoms with van der Waals surface area (Å²) in [6, 6.07) is 13.4. The molecule has 0 saturated carbocycles. The number of benzene rings is 2. The molecule has 5 nitrogen and oxygen atoms in total. The van der Waals surface area contributed by atoms with Crippen molar-refractivity contribution >= 4 is 29.2 Å². The van der Waals surface area contributed by atoms with Crippen LogP contribution in [0.5, 0.6) is 0 Å². The van der Waals surface area contributed by atoms with Gasteiger partial charge < -0.3 is 15.7 Å². The average molecular weight is 383 g/mol. The number of halogens is 1. The zero-order valence-electron chi connectivity index (χ0n) is 14.5. The third-order valence-corrected chi connectivity index (χ3v) is 5.61. The standard InChI is InChI=1S/C21H19ClN2O3/c22-17-7-2-1-4-15(17)20-14-6-3-5-13(14)16-10-12(8-9-18(16)24-20)21(27)23-11-19(25)26/h1-5,7-10,13-14,20,24H,6,11H2,(H,23,27)(H,25,26)/t13-,14+,20+/m1/s1. The molecule has 2 aliphatic rings. The number of rotatable bonds is 4. The van der Waals surface area contributed by atoms with E-state index in [1.54, 1.807) is 6.07 Å². The Bertz CT molecular complexity index is 941. The van der Waals surface area contributed by atoms with Crippen LogP contribution < -0.4 is 10.6 Å². The zero-order chi connectivity index (χ0) is 19.0. The van der Waals surface area contributed by atoms with Crippen LogP contribution in [0.25, 0.3) is 0 Å². The van der Waals surface area contributed by atoms with Crippen LogP contribution in [-0.4, -0.2) is 23.5 Å². The van der Waals surface area contributed by atoms with Crippen LogP contribution in [0, 0.1) is 5.92 Å². The van der Waals surface area contributed by atoms with Gasteiger partial charge >= 0.3 is 5.97 Å². The maximum atomic E-state index is 12.2. The van der Waals surface area contributed by atoms with Gasteiger partial charge in [0.2, 0.25) is 0 Å². The van der Waals surface area contributed by atoms with E-state index in [0.717, 1.165) is 28.3 Å². The Morgan fingerprint density at radius 3 is 2.78 bits per heavy atom. The van der Waals surface area contributed by atoms with Crippen LogP contribution in [0.3, 0.4) is 0 Å². The number of carbonyl (C=O) groups excluding carboxylic acids is 1. The van der Waals surface area contributed by atoms with Crippen molar-refractivity contribution in [2.75, 3.05) is 11.9 Å². The molecule has 1 aliphatic carbocycles. The number of anilines is 1. The molecule has 3 atom stereocenters. The van der Waals surface area contributed by atoms with E-state index < -0.39 is 12.5 Å². The molecule has 2 aromatic carbocycles. The summed E-state index contributed by atoms with van der Waals surface area (Å²) in [5.74, 6) is -0.944. The molecular weight excluding hydrogens is 364 g/mol. The molecule has 0 radical (unpaired) electrons. The molecule has 0 bridgehead atoms. The number of carboxylic acids is 1. The number of hydrogen-bond donors (Lipinski definition) is 3. The van der Waals surface area contributed by atoms with E-state index in [1.165, 1.54) is 0 Å². The van der Waals surface area contributed by atoms with Gasteiger partial charge in [-0.2, -0.15) is 0 Å². The third-order valence-electron chi connectivity index (χ3n) is 5.27. The lowest BCUT2D eigenvalue weighted by molar-refractivity contribution is -0.135. The number of hydrogen-bond acceptors (Lipinski definition) is 3. The molecule has 2 aromatic rings. The number of carboxylic acid groups (broad SMARTS) is 1. The first-order valence-electron chi connectivity index (χ1n) is 8.86. The summed E-state index contributed by atoms with van der Waals surface area (Å²) < 4.78 is 0. The van der Waals surface area contributed by atoms with E-state index in [4.69, 9.17) is 16.7 Å². The highest BCUT2D eigenvalue weighted by molar-refractivity contribution is 6.31. The van der Waals surface area contributed by atoms with Crippen molar-refractivity contribution in [3.05, 3.63) is 76.3 Å². The van der Waals surface area contributed by atoms with Gasteiger partial charge in [-0.05, 0) is 47.7 Å². The van der Waals surface area contributed by atoms with Crippen LogP contribution >= 0.6 is 11.6 Å². The van der Waals surface area contributed by atoms with Crippen molar-refractivity contribution < 1.29 is 14.7 Å². The molecule has 0 fully saturated rings. The SMILES string of the molecule is O=C(O)CNC(=O)c1ccc2c(c1)[C@@H]1C=CC[C@@H]1[C@@H](c1ccccc1Cl)N2. The monoisotopic (exact) mass is 382 g/mol. The van der Waals surface area contributed by atoms with Crippen molar-refractivity contribution in [1.29, 1.82) is 0 Å². The molecule has 27 heavy (non-hydrogen) atoms. The predicted molar refractivity (Wildman–Crippen MR) is 104 cm³/mol. The van der Waals surface area contributed by atoms with Crippen molar-refractivity contribution in [3.8, 4) is 0 Å². The minimum absolute atomic E-state index is 0.0953. The van der Waals surface area contributed by atoms with Gasteiger partial charge in [0.1, 0.15) is 6.54 Å². The second-order valence-electron chi connectivity index (χ2n) is 6.88. The summed E-state index contributed by atoms with van der Waals surface area (Å²) in [6.45, 7) is -0.394. The summed E-state index contributed by atoms with van der Waals surface area (Å²) in [6.07, 6.45) is 5.29. The highest BCUT2D eigenvalue weighted by Crippen LogP contribution is 2.50. The highest BCUT2D eigenvalue weighted by Gasteiger charge is 2.38. The van der Waals surface area contributed by atoms with Crippen LogP contribution in [0.1, 0.15) is 39.9 Å². The lowest BCUT2D eigenvalue weighted by Gasteiger charge is -2.38. The predicted octanol–water partition coefficient (Wildman–Crippen LogP) is 3.98. The first kappa shape index (κ1) is 17.6. The molecule has 138 valence electrons. The fourth-order valence-corrected chi connectivity index (χ4v) is 4.28. The average Bonchev–Trinajstić information content (AvgIpc) is 3.16. The molecular formula is C21H19ClN2O3. The van der Waals surface area contributed by atoms with Crippen molar-refractivity contribution in [3.63, 3.8) is 0 Å². The lowest BCUT2D eigenvalue weighted by atomic mass is 9.76. The molecule has 0 saturated heterocycles. The number of carbonyl (C=O) groups is 2. The second kappa shape index (κ2) is 7.08. The maximum Gasteiger partial charge on any atom is 0.322 e. The molecule has 3 N–H and O–H groups in total. The van der Waals surface area contributed by atoms with Gasteiger partial charge in [-0.25, -0.2) is 0 Å². The Hall–Kier alpha value is -2.79. The van der Waals surface area contributed by atoms with E-state index >= 15 is 0 Å². The van der Waals surface area contributed by atoms with Gasteiger partial charge in [-0.3, -0.25) is 9.59 Å². The molecule has 1 heterocycles. The van der Waals surface area contributed by atoms with E-state index in [2.05, 4.69) is 22.8 Å². The quantitative estimate of drug-likeness (QED) is 0.699. The minimum atomic E-state index is -1.07. The molecule has 1 amide bonds. The Morgan fingerprint density at radius 1 is 1.19 bits per heavy atom. The van der Waals surface area contributed by atoms with E-state index in [-0.39, 0.29) is 17.9 Å². The lowest BCUT2D eigenvalue weighted by Crippen LogP contribution is -2.31. The highest BCUT2D eigenvalue weighted by atomic mass is 35.5. The molecule has 0 unspecified atom stereocenters. The Kier molecular flexibility index (Phi) is 4.62. The van der Waals surface area contributed by atoms with Gasteiger partial charge in [0.05, 0.1) is 6.04 Å². The van der Waals surface area contributed by atoms with Crippen LogP contribution in [0.2, 0.25) is 5.02 Å². The summed E-state index contributed by atoms with van der Waals surface area (Å²) in [5.41, 5.74) is 3.57. The Morgan fingerprint density at radius 2 is 2.00 bits per heavy atom. The van der Waals surface area contributed by atoms with Crippen molar-refractivity contribution in [2.24, 2.45) is 5.92 Å². The van der Waals surface area contributed by atoms with Crippen LogP contribution in [0.4, 0.5) is 5.69 Å². The van der Waals surface area contributed by atoms with E-state index in [1.807, 2.05) is 36.4 Å². The van der Waals surface area contributed by atoms with Crippen molar-refractivity contribution in [2.45, 2.75) is 18.4 Å². The fraction of sp³-hybridized carbons (Fsp3) is 0.238. The van der Waals surface area contributed by atoms with E-state index in [9.17, 15) is 9.59 Å². The molecule has 1 aliphatic heterocycles. The Balaban J connectivity index is 1.67. The van der Waals surface area contributed by atoms with Crippen LogP contribution in [0.15, 0.2) is 54.6 Å². The first-order chi connectivity index (χ1) is 13.0. The summed E-state index contributed by atoms with van der Waals surface area (Å²) >= 11 is 6.44.